The van der Waals surface area contributed by atoms with Crippen molar-refractivity contribution < 1.29 is 17.9 Å². The number of sulfonamides is 1. The minimum atomic E-state index is -4.07. The third kappa shape index (κ3) is 3.27. The topological polar surface area (TPSA) is 66.4 Å². The average molecular weight is 316 g/mol. The van der Waals surface area contributed by atoms with Crippen LogP contribution in [0.25, 0.3) is 0 Å². The Morgan fingerprint density at radius 2 is 1.80 bits per heavy atom. The van der Waals surface area contributed by atoms with Gasteiger partial charge in [0.15, 0.2) is 0 Å². The van der Waals surface area contributed by atoms with E-state index in [-0.39, 0.29) is 12.3 Å². The third-order valence-corrected chi connectivity index (χ3v) is 4.21. The average Bonchev–Trinajstić information content (AvgIpc) is 2.41. The first kappa shape index (κ1) is 14.8. The lowest BCUT2D eigenvalue weighted by Gasteiger charge is -2.10. The van der Waals surface area contributed by atoms with Gasteiger partial charge in [0, 0.05) is 10.7 Å². The summed E-state index contributed by atoms with van der Waals surface area (Å²) in [7, 11) is -4.07. The predicted octanol–water partition coefficient (Wildman–Crippen LogP) is 2.77. The second-order valence-corrected chi connectivity index (χ2v) is 6.12. The lowest BCUT2D eigenvalue weighted by atomic mass is 10.2. The van der Waals surface area contributed by atoms with Crippen molar-refractivity contribution in [1.82, 2.24) is 0 Å². The number of benzene rings is 2. The van der Waals surface area contributed by atoms with Crippen LogP contribution in [0.5, 0.6) is 0 Å². The Labute approximate surface area is 120 Å². The van der Waals surface area contributed by atoms with E-state index in [1.165, 1.54) is 30.3 Å². The summed E-state index contributed by atoms with van der Waals surface area (Å²) < 4.78 is 40.1. The maximum Gasteiger partial charge on any atom is 0.264 e. The predicted molar refractivity (Wildman–Crippen MR) is 74.6 cm³/mol. The largest absolute Gasteiger partial charge is 0.392 e. The fourth-order valence-corrected chi connectivity index (χ4v) is 2.89. The highest BCUT2D eigenvalue weighted by molar-refractivity contribution is 7.92. The summed E-state index contributed by atoms with van der Waals surface area (Å²) in [5.41, 5.74) is 0.575. The molecule has 0 saturated heterocycles. The van der Waals surface area contributed by atoms with Crippen molar-refractivity contribution in [3.8, 4) is 0 Å². The van der Waals surface area contributed by atoms with Crippen LogP contribution < -0.4 is 4.72 Å². The van der Waals surface area contributed by atoms with Crippen LogP contribution in [0, 0.1) is 5.82 Å². The van der Waals surface area contributed by atoms with Crippen LogP contribution in [0.3, 0.4) is 0 Å². The molecule has 2 N–H and O–H groups in total. The zero-order valence-corrected chi connectivity index (χ0v) is 11.7. The zero-order valence-electron chi connectivity index (χ0n) is 10.2. The summed E-state index contributed by atoms with van der Waals surface area (Å²) in [5.74, 6) is -0.885. The fraction of sp³-hybridized carbons (Fsp3) is 0.0769. The first-order chi connectivity index (χ1) is 9.42. The molecule has 0 unspecified atom stereocenters. The maximum absolute atomic E-state index is 13.6. The number of hydrogen-bond acceptors (Lipinski definition) is 3. The van der Waals surface area contributed by atoms with E-state index in [4.69, 9.17) is 16.7 Å². The molecule has 20 heavy (non-hydrogen) atoms. The van der Waals surface area contributed by atoms with Crippen LogP contribution in [-0.4, -0.2) is 13.5 Å². The minimum Gasteiger partial charge on any atom is -0.392 e. The lowest BCUT2D eigenvalue weighted by molar-refractivity contribution is 0.281. The van der Waals surface area contributed by atoms with E-state index in [9.17, 15) is 12.8 Å². The van der Waals surface area contributed by atoms with Gasteiger partial charge in [0.25, 0.3) is 10.0 Å². The van der Waals surface area contributed by atoms with Crippen molar-refractivity contribution >= 4 is 27.3 Å². The highest BCUT2D eigenvalue weighted by atomic mass is 35.5. The molecule has 0 radical (unpaired) electrons. The lowest BCUT2D eigenvalue weighted by Crippen LogP contribution is -2.15. The van der Waals surface area contributed by atoms with Gasteiger partial charge in [-0.05, 0) is 42.0 Å². The second kappa shape index (κ2) is 5.78. The number of rotatable bonds is 4. The Balaban J connectivity index is 2.37. The molecule has 0 aliphatic carbocycles. The molecule has 0 fully saturated rings. The van der Waals surface area contributed by atoms with Gasteiger partial charge in [0.05, 0.1) is 6.61 Å². The van der Waals surface area contributed by atoms with E-state index in [0.29, 0.717) is 10.6 Å². The van der Waals surface area contributed by atoms with Crippen LogP contribution in [0.2, 0.25) is 5.02 Å². The molecule has 0 spiro atoms. The molecule has 0 aliphatic rings. The second-order valence-electron chi connectivity index (χ2n) is 4.04. The van der Waals surface area contributed by atoms with Gasteiger partial charge in [-0.15, -0.1) is 0 Å². The molecule has 0 aliphatic heterocycles. The van der Waals surface area contributed by atoms with E-state index < -0.39 is 20.7 Å². The standard InChI is InChI=1S/C13H11ClFNO3S/c14-10-2-4-11(5-3-10)16-20(18,19)13-7-9(8-17)1-6-12(13)15/h1-7,16-17H,8H2. The van der Waals surface area contributed by atoms with Gasteiger partial charge in [-0.2, -0.15) is 0 Å². The summed E-state index contributed by atoms with van der Waals surface area (Å²) in [6, 6.07) is 9.37. The van der Waals surface area contributed by atoms with Gasteiger partial charge in [0.1, 0.15) is 10.7 Å². The van der Waals surface area contributed by atoms with Crippen molar-refractivity contribution in [2.45, 2.75) is 11.5 Å². The van der Waals surface area contributed by atoms with Crippen LogP contribution in [0.4, 0.5) is 10.1 Å². The van der Waals surface area contributed by atoms with Gasteiger partial charge < -0.3 is 5.11 Å². The van der Waals surface area contributed by atoms with E-state index in [1.54, 1.807) is 0 Å². The first-order valence-corrected chi connectivity index (χ1v) is 7.46. The maximum atomic E-state index is 13.6. The number of nitrogens with one attached hydrogen (secondary N) is 1. The van der Waals surface area contributed by atoms with Gasteiger partial charge in [0.2, 0.25) is 0 Å². The highest BCUT2D eigenvalue weighted by Gasteiger charge is 2.19. The molecule has 0 heterocycles. The van der Waals surface area contributed by atoms with E-state index in [1.807, 2.05) is 0 Å². The molecule has 2 aromatic carbocycles. The zero-order chi connectivity index (χ0) is 14.8. The van der Waals surface area contributed by atoms with Crippen LogP contribution in [-0.2, 0) is 16.6 Å². The molecule has 106 valence electrons. The number of anilines is 1. The number of aliphatic hydroxyl groups excluding tert-OH is 1. The summed E-state index contributed by atoms with van der Waals surface area (Å²) in [4.78, 5) is -0.515. The third-order valence-electron chi connectivity index (χ3n) is 2.56. The fourth-order valence-electron chi connectivity index (χ4n) is 1.58. The van der Waals surface area contributed by atoms with Gasteiger partial charge in [-0.3, -0.25) is 4.72 Å². The van der Waals surface area contributed by atoms with Crippen molar-refractivity contribution in [3.63, 3.8) is 0 Å². The number of hydrogen-bond donors (Lipinski definition) is 2. The summed E-state index contributed by atoms with van der Waals surface area (Å²) in [5, 5.41) is 9.45. The molecule has 0 saturated carbocycles. The van der Waals surface area contributed by atoms with Crippen LogP contribution in [0.1, 0.15) is 5.56 Å². The molecular formula is C13H11ClFNO3S. The summed E-state index contributed by atoms with van der Waals surface area (Å²) >= 11 is 5.70. The molecule has 0 atom stereocenters. The SMILES string of the molecule is O=S(=O)(Nc1ccc(Cl)cc1)c1cc(CO)ccc1F. The highest BCUT2D eigenvalue weighted by Crippen LogP contribution is 2.21. The van der Waals surface area contributed by atoms with Crippen LogP contribution >= 0.6 is 11.6 Å². The van der Waals surface area contributed by atoms with Gasteiger partial charge in [-0.1, -0.05) is 17.7 Å². The Morgan fingerprint density at radius 3 is 2.40 bits per heavy atom. The molecule has 4 nitrogen and oxygen atoms in total. The molecule has 0 aromatic heterocycles. The van der Waals surface area contributed by atoms with Gasteiger partial charge in [-0.25, -0.2) is 12.8 Å². The Morgan fingerprint density at radius 1 is 1.15 bits per heavy atom. The quantitative estimate of drug-likeness (QED) is 0.911. The molecular weight excluding hydrogens is 305 g/mol. The van der Waals surface area contributed by atoms with E-state index >= 15 is 0 Å². The van der Waals surface area contributed by atoms with Crippen LogP contribution in [0.15, 0.2) is 47.4 Å². The van der Waals surface area contributed by atoms with E-state index in [2.05, 4.69) is 4.72 Å². The number of aliphatic hydroxyl groups is 1. The summed E-state index contributed by atoms with van der Waals surface area (Å²) in [6.45, 7) is -0.371. The number of halogens is 2. The first-order valence-electron chi connectivity index (χ1n) is 5.60. The Hall–Kier alpha value is -1.63. The molecule has 7 heteroatoms. The van der Waals surface area contributed by atoms with Crippen molar-refractivity contribution in [3.05, 3.63) is 58.9 Å². The monoisotopic (exact) mass is 315 g/mol. The van der Waals surface area contributed by atoms with Crippen molar-refractivity contribution in [2.24, 2.45) is 0 Å². The Kier molecular flexibility index (Phi) is 4.27. The summed E-state index contributed by atoms with van der Waals surface area (Å²) in [6.07, 6.45) is 0. The van der Waals surface area contributed by atoms with E-state index in [0.717, 1.165) is 12.1 Å². The normalized spacial score (nSPS) is 11.3. The van der Waals surface area contributed by atoms with Crippen molar-refractivity contribution in [2.75, 3.05) is 4.72 Å². The Bertz CT molecular complexity index is 717. The molecule has 0 bridgehead atoms. The molecule has 2 rings (SSSR count). The van der Waals surface area contributed by atoms with Crippen molar-refractivity contribution in [1.29, 1.82) is 0 Å². The van der Waals surface area contributed by atoms with Gasteiger partial charge >= 0.3 is 0 Å². The minimum absolute atomic E-state index is 0.267. The molecule has 0 amide bonds. The molecule has 2 aromatic rings. The smallest absolute Gasteiger partial charge is 0.264 e.